The van der Waals surface area contributed by atoms with Crippen LogP contribution in [0.2, 0.25) is 0 Å². The SMILES string of the molecule is CNC(C)c1ccc(S(=O)(=O)NC2CCCSC2)cc1. The molecule has 4 nitrogen and oxygen atoms in total. The first kappa shape index (κ1) is 15.8. The third kappa shape index (κ3) is 3.97. The molecule has 1 aromatic rings. The molecule has 2 N–H and O–H groups in total. The Morgan fingerprint density at radius 3 is 2.55 bits per heavy atom. The van der Waals surface area contributed by atoms with Crippen LogP contribution in [0.4, 0.5) is 0 Å². The van der Waals surface area contributed by atoms with Gasteiger partial charge in [-0.05, 0) is 50.3 Å². The first-order valence-electron chi connectivity index (χ1n) is 6.90. The lowest BCUT2D eigenvalue weighted by Gasteiger charge is -2.22. The number of rotatable bonds is 5. The summed E-state index contributed by atoms with van der Waals surface area (Å²) in [5.74, 6) is 2.00. The molecule has 0 aliphatic carbocycles. The summed E-state index contributed by atoms with van der Waals surface area (Å²) in [4.78, 5) is 0.347. The second kappa shape index (κ2) is 6.93. The highest BCUT2D eigenvalue weighted by Crippen LogP contribution is 2.20. The average Bonchev–Trinajstić information content (AvgIpc) is 2.47. The van der Waals surface area contributed by atoms with E-state index in [1.54, 1.807) is 12.1 Å². The first-order chi connectivity index (χ1) is 9.53. The van der Waals surface area contributed by atoms with E-state index in [-0.39, 0.29) is 12.1 Å². The predicted octanol–water partition coefficient (Wildman–Crippen LogP) is 2.14. The highest BCUT2D eigenvalue weighted by Gasteiger charge is 2.22. The molecule has 2 atom stereocenters. The number of hydrogen-bond acceptors (Lipinski definition) is 4. The Balaban J connectivity index is 2.08. The van der Waals surface area contributed by atoms with Crippen LogP contribution in [0.3, 0.4) is 0 Å². The van der Waals surface area contributed by atoms with Gasteiger partial charge in [-0.3, -0.25) is 0 Å². The van der Waals surface area contributed by atoms with Crippen molar-refractivity contribution in [3.05, 3.63) is 29.8 Å². The summed E-state index contributed by atoms with van der Waals surface area (Å²) in [5.41, 5.74) is 1.08. The van der Waals surface area contributed by atoms with E-state index in [1.807, 2.05) is 37.9 Å². The zero-order valence-corrected chi connectivity index (χ0v) is 13.6. The second-order valence-corrected chi connectivity index (χ2v) is 7.98. The van der Waals surface area contributed by atoms with Gasteiger partial charge in [0.25, 0.3) is 0 Å². The molecule has 1 aliphatic heterocycles. The fourth-order valence-electron chi connectivity index (χ4n) is 2.22. The fourth-order valence-corrected chi connectivity index (χ4v) is 4.67. The molecule has 2 rings (SSSR count). The molecule has 112 valence electrons. The van der Waals surface area contributed by atoms with Crippen LogP contribution in [-0.4, -0.2) is 33.0 Å². The van der Waals surface area contributed by atoms with E-state index in [0.29, 0.717) is 4.90 Å². The lowest BCUT2D eigenvalue weighted by molar-refractivity contribution is 0.543. The van der Waals surface area contributed by atoms with E-state index < -0.39 is 10.0 Å². The van der Waals surface area contributed by atoms with E-state index in [1.165, 1.54) is 0 Å². The van der Waals surface area contributed by atoms with Crippen molar-refractivity contribution in [3.63, 3.8) is 0 Å². The zero-order valence-electron chi connectivity index (χ0n) is 11.9. The predicted molar refractivity (Wildman–Crippen MR) is 84.6 cm³/mol. The topological polar surface area (TPSA) is 58.2 Å². The van der Waals surface area contributed by atoms with Gasteiger partial charge >= 0.3 is 0 Å². The Morgan fingerprint density at radius 2 is 2.00 bits per heavy atom. The minimum absolute atomic E-state index is 0.0645. The molecule has 1 saturated heterocycles. The molecule has 6 heteroatoms. The molecule has 0 radical (unpaired) electrons. The Bertz CT molecular complexity index is 523. The van der Waals surface area contributed by atoms with E-state index in [0.717, 1.165) is 29.9 Å². The molecule has 0 amide bonds. The van der Waals surface area contributed by atoms with Crippen molar-refractivity contribution >= 4 is 21.8 Å². The summed E-state index contributed by atoms with van der Waals surface area (Å²) in [6.07, 6.45) is 2.01. The average molecular weight is 314 g/mol. The Kier molecular flexibility index (Phi) is 5.49. The maximum atomic E-state index is 12.3. The summed E-state index contributed by atoms with van der Waals surface area (Å²) in [6, 6.07) is 7.38. The van der Waals surface area contributed by atoms with E-state index in [2.05, 4.69) is 10.0 Å². The Labute approximate surface area is 125 Å². The third-order valence-corrected chi connectivity index (χ3v) is 6.36. The highest BCUT2D eigenvalue weighted by atomic mass is 32.2. The number of nitrogens with one attached hydrogen (secondary N) is 2. The van der Waals surface area contributed by atoms with E-state index in [4.69, 9.17) is 0 Å². The minimum atomic E-state index is -3.39. The molecule has 20 heavy (non-hydrogen) atoms. The molecule has 0 aromatic heterocycles. The van der Waals surface area contributed by atoms with Gasteiger partial charge in [0.15, 0.2) is 0 Å². The number of thioether (sulfide) groups is 1. The lowest BCUT2D eigenvalue weighted by Crippen LogP contribution is -2.38. The fraction of sp³-hybridized carbons (Fsp3) is 0.571. The smallest absolute Gasteiger partial charge is 0.240 e. The monoisotopic (exact) mass is 314 g/mol. The molecule has 0 saturated carbocycles. The van der Waals surface area contributed by atoms with Crippen molar-refractivity contribution in [1.82, 2.24) is 10.0 Å². The quantitative estimate of drug-likeness (QED) is 0.874. The van der Waals surface area contributed by atoms with Gasteiger partial charge in [-0.1, -0.05) is 12.1 Å². The maximum absolute atomic E-state index is 12.3. The minimum Gasteiger partial charge on any atom is -0.313 e. The van der Waals surface area contributed by atoms with E-state index in [9.17, 15) is 8.42 Å². The highest BCUT2D eigenvalue weighted by molar-refractivity contribution is 7.99. The summed E-state index contributed by atoms with van der Waals surface area (Å²) in [5, 5.41) is 3.14. The largest absolute Gasteiger partial charge is 0.313 e. The standard InChI is InChI=1S/C14H22N2O2S2/c1-11(15-2)12-5-7-14(8-6-12)20(17,18)16-13-4-3-9-19-10-13/h5-8,11,13,15-16H,3-4,9-10H2,1-2H3. The molecule has 1 fully saturated rings. The number of hydrogen-bond donors (Lipinski definition) is 2. The van der Waals surface area contributed by atoms with Crippen LogP contribution in [0.15, 0.2) is 29.2 Å². The summed E-state index contributed by atoms with van der Waals surface area (Å²) >= 11 is 1.81. The van der Waals surface area contributed by atoms with Gasteiger partial charge in [0, 0.05) is 17.8 Å². The second-order valence-electron chi connectivity index (χ2n) is 5.11. The molecule has 0 spiro atoms. The molecule has 1 aliphatic rings. The van der Waals surface area contributed by atoms with Crippen molar-refractivity contribution < 1.29 is 8.42 Å². The normalized spacial score (nSPS) is 21.6. The lowest BCUT2D eigenvalue weighted by atomic mass is 10.1. The van der Waals surface area contributed by atoms with Crippen LogP contribution in [0.5, 0.6) is 0 Å². The summed E-state index contributed by atoms with van der Waals surface area (Å²) in [7, 11) is -1.51. The van der Waals surface area contributed by atoms with Gasteiger partial charge in [0.05, 0.1) is 4.90 Å². The molecule has 1 heterocycles. The van der Waals surface area contributed by atoms with Crippen LogP contribution < -0.4 is 10.0 Å². The van der Waals surface area contributed by atoms with Gasteiger partial charge in [0.1, 0.15) is 0 Å². The van der Waals surface area contributed by atoms with Crippen molar-refractivity contribution in [2.24, 2.45) is 0 Å². The molecular weight excluding hydrogens is 292 g/mol. The van der Waals surface area contributed by atoms with Crippen molar-refractivity contribution in [2.75, 3.05) is 18.6 Å². The molecule has 1 aromatic carbocycles. The van der Waals surface area contributed by atoms with Gasteiger partial charge in [-0.2, -0.15) is 11.8 Å². The van der Waals surface area contributed by atoms with Crippen LogP contribution in [0, 0.1) is 0 Å². The van der Waals surface area contributed by atoms with E-state index >= 15 is 0 Å². The van der Waals surface area contributed by atoms with Gasteiger partial charge < -0.3 is 5.32 Å². The number of sulfonamides is 1. The Hall–Kier alpha value is -0.560. The number of benzene rings is 1. The first-order valence-corrected chi connectivity index (χ1v) is 9.54. The summed E-state index contributed by atoms with van der Waals surface area (Å²) in [6.45, 7) is 2.04. The summed E-state index contributed by atoms with van der Waals surface area (Å²) < 4.78 is 27.4. The van der Waals surface area contributed by atoms with Crippen molar-refractivity contribution in [2.45, 2.75) is 36.7 Å². The van der Waals surface area contributed by atoms with Gasteiger partial charge in [0.2, 0.25) is 10.0 Å². The van der Waals surface area contributed by atoms with Crippen molar-refractivity contribution in [3.8, 4) is 0 Å². The zero-order chi connectivity index (χ0) is 14.6. The maximum Gasteiger partial charge on any atom is 0.240 e. The van der Waals surface area contributed by atoms with Crippen molar-refractivity contribution in [1.29, 1.82) is 0 Å². The van der Waals surface area contributed by atoms with Gasteiger partial charge in [-0.15, -0.1) is 0 Å². The Morgan fingerprint density at radius 1 is 1.30 bits per heavy atom. The third-order valence-electron chi connectivity index (χ3n) is 3.61. The van der Waals surface area contributed by atoms with Crippen LogP contribution >= 0.6 is 11.8 Å². The van der Waals surface area contributed by atoms with Crippen LogP contribution in [0.1, 0.15) is 31.4 Å². The van der Waals surface area contributed by atoms with Crippen LogP contribution in [-0.2, 0) is 10.0 Å². The molecular formula is C14H22N2O2S2. The molecule has 0 bridgehead atoms. The van der Waals surface area contributed by atoms with Gasteiger partial charge in [-0.25, -0.2) is 13.1 Å². The molecule has 2 unspecified atom stereocenters. The van der Waals surface area contributed by atoms with Crippen LogP contribution in [0.25, 0.3) is 0 Å².